The highest BCUT2D eigenvalue weighted by Crippen LogP contribution is 2.23. The quantitative estimate of drug-likeness (QED) is 0.817. The highest BCUT2D eigenvalue weighted by Gasteiger charge is 2.11. The smallest absolute Gasteiger partial charge is 0.239 e. The van der Waals surface area contributed by atoms with Gasteiger partial charge >= 0.3 is 0 Å². The fourth-order valence-electron chi connectivity index (χ4n) is 1.62. The van der Waals surface area contributed by atoms with E-state index in [1.54, 1.807) is 24.1 Å². The second kappa shape index (κ2) is 7.28. The van der Waals surface area contributed by atoms with Crippen LogP contribution < -0.4 is 10.2 Å². The molecule has 1 N–H and O–H groups in total. The number of halogens is 1. The topological polar surface area (TPSA) is 49.4 Å². The van der Waals surface area contributed by atoms with Crippen molar-refractivity contribution in [1.82, 2.24) is 5.32 Å². The van der Waals surface area contributed by atoms with Crippen molar-refractivity contribution in [1.29, 1.82) is 0 Å². The van der Waals surface area contributed by atoms with E-state index in [4.69, 9.17) is 0 Å². The number of benzene rings is 1. The van der Waals surface area contributed by atoms with Gasteiger partial charge in [0.1, 0.15) is 0 Å². The summed E-state index contributed by atoms with van der Waals surface area (Å²) in [5.41, 5.74) is 1.31. The first kappa shape index (κ1) is 15.7. The predicted molar refractivity (Wildman–Crippen MR) is 80.6 cm³/mol. The van der Waals surface area contributed by atoms with E-state index in [0.717, 1.165) is 16.4 Å². The largest absolute Gasteiger partial charge is 0.365 e. The fourth-order valence-corrected chi connectivity index (χ4v) is 1.97. The van der Waals surface area contributed by atoms with Crippen molar-refractivity contribution in [3.63, 3.8) is 0 Å². The molecule has 0 heterocycles. The van der Waals surface area contributed by atoms with Gasteiger partial charge in [0.05, 0.1) is 6.54 Å². The van der Waals surface area contributed by atoms with Gasteiger partial charge in [0, 0.05) is 29.3 Å². The lowest BCUT2D eigenvalue weighted by Gasteiger charge is -2.21. The Labute approximate surface area is 122 Å². The van der Waals surface area contributed by atoms with Crippen LogP contribution in [0.2, 0.25) is 0 Å². The fraction of sp³-hybridized carbons (Fsp3) is 0.429. The van der Waals surface area contributed by atoms with Gasteiger partial charge < -0.3 is 10.2 Å². The van der Waals surface area contributed by atoms with Crippen molar-refractivity contribution in [2.45, 2.75) is 13.8 Å². The third kappa shape index (κ3) is 5.03. The Morgan fingerprint density at radius 2 is 2.16 bits per heavy atom. The summed E-state index contributed by atoms with van der Waals surface area (Å²) in [5, 5.41) is 2.85. The van der Waals surface area contributed by atoms with Gasteiger partial charge in [-0.05, 0) is 24.1 Å². The lowest BCUT2D eigenvalue weighted by atomic mass is 10.2. The van der Waals surface area contributed by atoms with Crippen LogP contribution in [0.1, 0.15) is 24.2 Å². The summed E-state index contributed by atoms with van der Waals surface area (Å²) in [7, 11) is 1.80. The third-order valence-electron chi connectivity index (χ3n) is 2.62. The van der Waals surface area contributed by atoms with Crippen molar-refractivity contribution in [3.05, 3.63) is 28.2 Å². The molecule has 0 saturated heterocycles. The molecule has 0 aromatic heterocycles. The first-order valence-electron chi connectivity index (χ1n) is 6.16. The Balaban J connectivity index is 2.72. The predicted octanol–water partition coefficient (Wildman–Crippen LogP) is 2.47. The zero-order valence-electron chi connectivity index (χ0n) is 11.4. The Kier molecular flexibility index (Phi) is 6.02. The van der Waals surface area contributed by atoms with Crippen LogP contribution in [0.15, 0.2) is 22.7 Å². The maximum atomic E-state index is 11.8. The van der Waals surface area contributed by atoms with E-state index in [-0.39, 0.29) is 12.5 Å². The Bertz CT molecular complexity index is 461. The minimum Gasteiger partial charge on any atom is -0.365 e. The first-order chi connectivity index (χ1) is 8.93. The third-order valence-corrected chi connectivity index (χ3v) is 3.11. The van der Waals surface area contributed by atoms with Gasteiger partial charge in [0.15, 0.2) is 6.29 Å². The van der Waals surface area contributed by atoms with E-state index in [0.29, 0.717) is 18.0 Å². The zero-order chi connectivity index (χ0) is 14.4. The van der Waals surface area contributed by atoms with Crippen molar-refractivity contribution in [2.75, 3.05) is 25.0 Å². The van der Waals surface area contributed by atoms with Crippen LogP contribution in [0.3, 0.4) is 0 Å². The number of aldehydes is 1. The Morgan fingerprint density at radius 1 is 1.47 bits per heavy atom. The highest BCUT2D eigenvalue weighted by atomic mass is 79.9. The molecule has 1 aromatic rings. The van der Waals surface area contributed by atoms with Gasteiger partial charge in [0.25, 0.3) is 0 Å². The van der Waals surface area contributed by atoms with Crippen molar-refractivity contribution >= 4 is 33.8 Å². The number of likely N-dealkylation sites (N-methyl/N-ethyl adjacent to an activating group) is 1. The maximum Gasteiger partial charge on any atom is 0.239 e. The molecule has 0 radical (unpaired) electrons. The molecule has 0 aliphatic heterocycles. The number of anilines is 1. The van der Waals surface area contributed by atoms with Gasteiger partial charge in [-0.1, -0.05) is 29.8 Å². The summed E-state index contributed by atoms with van der Waals surface area (Å²) in [5.74, 6) is 0.374. The molecule has 1 amide bonds. The Morgan fingerprint density at radius 3 is 2.74 bits per heavy atom. The summed E-state index contributed by atoms with van der Waals surface area (Å²) in [4.78, 5) is 24.5. The molecule has 19 heavy (non-hydrogen) atoms. The van der Waals surface area contributed by atoms with Crippen LogP contribution in [-0.4, -0.2) is 32.3 Å². The lowest BCUT2D eigenvalue weighted by Crippen LogP contribution is -2.37. The molecule has 0 spiro atoms. The summed E-state index contributed by atoms with van der Waals surface area (Å²) >= 11 is 3.37. The van der Waals surface area contributed by atoms with E-state index in [1.165, 1.54) is 0 Å². The van der Waals surface area contributed by atoms with Crippen molar-refractivity contribution in [3.8, 4) is 0 Å². The van der Waals surface area contributed by atoms with Gasteiger partial charge in [-0.2, -0.15) is 0 Å². The summed E-state index contributed by atoms with van der Waals surface area (Å²) < 4.78 is 0.877. The first-order valence-corrected chi connectivity index (χ1v) is 6.96. The summed E-state index contributed by atoms with van der Waals surface area (Å²) in [6.45, 7) is 4.97. The van der Waals surface area contributed by atoms with Crippen LogP contribution in [0.25, 0.3) is 0 Å². The maximum absolute atomic E-state index is 11.8. The van der Waals surface area contributed by atoms with Gasteiger partial charge in [-0.25, -0.2) is 0 Å². The van der Waals surface area contributed by atoms with Crippen LogP contribution in [-0.2, 0) is 4.79 Å². The van der Waals surface area contributed by atoms with Crippen LogP contribution in [0.5, 0.6) is 0 Å². The number of nitrogens with one attached hydrogen (secondary N) is 1. The number of amides is 1. The second-order valence-corrected chi connectivity index (χ2v) is 5.79. The van der Waals surface area contributed by atoms with E-state index in [2.05, 4.69) is 21.2 Å². The Hall–Kier alpha value is -1.36. The molecule has 0 saturated carbocycles. The molecule has 1 rings (SSSR count). The monoisotopic (exact) mass is 326 g/mol. The van der Waals surface area contributed by atoms with E-state index in [9.17, 15) is 9.59 Å². The van der Waals surface area contributed by atoms with E-state index < -0.39 is 0 Å². The average molecular weight is 327 g/mol. The molecular weight excluding hydrogens is 308 g/mol. The molecule has 0 aliphatic rings. The van der Waals surface area contributed by atoms with Gasteiger partial charge in [-0.3, -0.25) is 9.59 Å². The van der Waals surface area contributed by atoms with Crippen LogP contribution >= 0.6 is 15.9 Å². The summed E-state index contributed by atoms with van der Waals surface area (Å²) in [6.07, 6.45) is 0.796. The molecule has 0 fully saturated rings. The molecule has 4 nitrogen and oxygen atoms in total. The molecular formula is C14H19BrN2O2. The minimum atomic E-state index is -0.0481. The zero-order valence-corrected chi connectivity index (χ0v) is 13.0. The standard InChI is InChI=1S/C14H19BrN2O2/c1-10(2)7-16-14(19)8-17(3)13-6-12(15)5-4-11(13)9-18/h4-6,9-10H,7-8H2,1-3H3,(H,16,19). The van der Waals surface area contributed by atoms with Gasteiger partial charge in [0.2, 0.25) is 5.91 Å². The lowest BCUT2D eigenvalue weighted by molar-refractivity contribution is -0.119. The molecule has 104 valence electrons. The number of hydrogen-bond acceptors (Lipinski definition) is 3. The number of carbonyl (C=O) groups excluding carboxylic acids is 2. The minimum absolute atomic E-state index is 0.0481. The van der Waals surface area contributed by atoms with Crippen LogP contribution in [0.4, 0.5) is 5.69 Å². The molecule has 5 heteroatoms. The number of carbonyl (C=O) groups is 2. The van der Waals surface area contributed by atoms with Crippen LogP contribution in [0, 0.1) is 5.92 Å². The number of hydrogen-bond donors (Lipinski definition) is 1. The van der Waals surface area contributed by atoms with E-state index in [1.807, 2.05) is 19.9 Å². The molecule has 0 atom stereocenters. The number of rotatable bonds is 6. The second-order valence-electron chi connectivity index (χ2n) is 4.87. The highest BCUT2D eigenvalue weighted by molar-refractivity contribution is 9.10. The molecule has 1 aromatic carbocycles. The normalized spacial score (nSPS) is 10.4. The molecule has 0 unspecified atom stereocenters. The van der Waals surface area contributed by atoms with Crippen molar-refractivity contribution in [2.24, 2.45) is 5.92 Å². The molecule has 0 aliphatic carbocycles. The molecule has 0 bridgehead atoms. The summed E-state index contributed by atoms with van der Waals surface area (Å²) in [6, 6.07) is 5.37. The SMILES string of the molecule is CC(C)CNC(=O)CN(C)c1cc(Br)ccc1C=O. The van der Waals surface area contributed by atoms with Crippen molar-refractivity contribution < 1.29 is 9.59 Å². The van der Waals surface area contributed by atoms with E-state index >= 15 is 0 Å². The average Bonchev–Trinajstić information content (AvgIpc) is 2.36. The van der Waals surface area contributed by atoms with Gasteiger partial charge in [-0.15, -0.1) is 0 Å². The number of nitrogens with zero attached hydrogens (tertiary/aromatic N) is 1.